The van der Waals surface area contributed by atoms with E-state index in [4.69, 9.17) is 10.5 Å². The van der Waals surface area contributed by atoms with Crippen LogP contribution in [0, 0.1) is 5.92 Å². The van der Waals surface area contributed by atoms with Crippen LogP contribution in [0.2, 0.25) is 0 Å². The van der Waals surface area contributed by atoms with Gasteiger partial charge >= 0.3 is 0 Å². The molecule has 2 unspecified atom stereocenters. The van der Waals surface area contributed by atoms with Gasteiger partial charge in [0.15, 0.2) is 5.96 Å². The second-order valence-electron chi connectivity index (χ2n) is 6.42. The van der Waals surface area contributed by atoms with Gasteiger partial charge in [-0.2, -0.15) is 0 Å². The summed E-state index contributed by atoms with van der Waals surface area (Å²) in [7, 11) is 0. The van der Waals surface area contributed by atoms with Crippen molar-refractivity contribution in [3.05, 3.63) is 0 Å². The van der Waals surface area contributed by atoms with Crippen LogP contribution in [0.3, 0.4) is 0 Å². The summed E-state index contributed by atoms with van der Waals surface area (Å²) in [5, 5.41) is 0. The van der Waals surface area contributed by atoms with Gasteiger partial charge in [-0.25, -0.2) is 0 Å². The number of morpholine rings is 1. The van der Waals surface area contributed by atoms with Gasteiger partial charge in [0, 0.05) is 32.2 Å². The lowest BCUT2D eigenvalue weighted by atomic mass is 9.97. The van der Waals surface area contributed by atoms with Crippen molar-refractivity contribution in [2.24, 2.45) is 16.6 Å². The molecule has 0 radical (unpaired) electrons. The average Bonchev–Trinajstić information content (AvgIpc) is 2.45. The highest BCUT2D eigenvalue weighted by molar-refractivity contribution is 5.78. The largest absolute Gasteiger partial charge is 0.375 e. The standard InChI is InChI=1S/C15H30N4O/c1-12(2)18-6-4-5-14(11-18)9-17-15(16)19-7-8-20-13(3)10-19/h12-14H,4-11H2,1-3H3,(H2,16,17). The fourth-order valence-corrected chi connectivity index (χ4v) is 3.06. The number of nitrogens with two attached hydrogens (primary N) is 1. The Bertz CT molecular complexity index is 332. The number of likely N-dealkylation sites (tertiary alicyclic amines) is 1. The van der Waals surface area contributed by atoms with E-state index in [1.165, 1.54) is 19.4 Å². The van der Waals surface area contributed by atoms with E-state index in [2.05, 4.69) is 35.6 Å². The van der Waals surface area contributed by atoms with Crippen LogP contribution in [0.25, 0.3) is 0 Å². The Labute approximate surface area is 123 Å². The SMILES string of the molecule is CC1CN(C(N)=NCC2CCCN(C(C)C)C2)CCO1. The Morgan fingerprint density at radius 2 is 2.15 bits per heavy atom. The minimum absolute atomic E-state index is 0.253. The minimum Gasteiger partial charge on any atom is -0.375 e. The summed E-state index contributed by atoms with van der Waals surface area (Å²) in [5.41, 5.74) is 6.13. The molecule has 2 rings (SSSR count). The fraction of sp³-hybridized carbons (Fsp3) is 0.933. The summed E-state index contributed by atoms with van der Waals surface area (Å²) >= 11 is 0. The van der Waals surface area contributed by atoms with Gasteiger partial charge in [0.2, 0.25) is 0 Å². The number of hydrogen-bond donors (Lipinski definition) is 1. The van der Waals surface area contributed by atoms with Crippen LogP contribution in [0.4, 0.5) is 0 Å². The number of rotatable bonds is 3. The quantitative estimate of drug-likeness (QED) is 0.623. The first kappa shape index (κ1) is 15.6. The Kier molecular flexibility index (Phi) is 5.66. The highest BCUT2D eigenvalue weighted by Gasteiger charge is 2.22. The third kappa shape index (κ3) is 4.35. The van der Waals surface area contributed by atoms with Crippen molar-refractivity contribution in [1.29, 1.82) is 0 Å². The molecule has 2 fully saturated rings. The summed E-state index contributed by atoms with van der Waals surface area (Å²) in [4.78, 5) is 9.34. The van der Waals surface area contributed by atoms with Gasteiger partial charge in [-0.05, 0) is 46.1 Å². The Morgan fingerprint density at radius 3 is 2.85 bits per heavy atom. The van der Waals surface area contributed by atoms with Gasteiger partial charge in [-0.15, -0.1) is 0 Å². The van der Waals surface area contributed by atoms with E-state index in [-0.39, 0.29) is 6.10 Å². The summed E-state index contributed by atoms with van der Waals surface area (Å²) in [6.07, 6.45) is 2.82. The second kappa shape index (κ2) is 7.27. The molecule has 0 spiro atoms. The molecule has 0 bridgehead atoms. The van der Waals surface area contributed by atoms with E-state index < -0.39 is 0 Å². The topological polar surface area (TPSA) is 54.1 Å². The maximum Gasteiger partial charge on any atom is 0.191 e. The minimum atomic E-state index is 0.253. The molecule has 2 heterocycles. The summed E-state index contributed by atoms with van der Waals surface area (Å²) in [6, 6.07) is 0.638. The van der Waals surface area contributed by atoms with Crippen LogP contribution < -0.4 is 5.73 Å². The molecule has 2 aliphatic heterocycles. The van der Waals surface area contributed by atoms with E-state index in [0.717, 1.165) is 32.8 Å². The Hall–Kier alpha value is -0.810. The average molecular weight is 282 g/mol. The van der Waals surface area contributed by atoms with Gasteiger partial charge in [-0.1, -0.05) is 0 Å². The number of guanidine groups is 1. The normalized spacial score (nSPS) is 30.0. The third-order valence-corrected chi connectivity index (χ3v) is 4.36. The zero-order valence-electron chi connectivity index (χ0n) is 13.2. The molecule has 0 aliphatic carbocycles. The lowest BCUT2D eigenvalue weighted by molar-refractivity contribution is 0.00524. The first-order valence-corrected chi connectivity index (χ1v) is 7.96. The van der Waals surface area contributed by atoms with Crippen molar-refractivity contribution in [2.75, 3.05) is 39.3 Å². The summed E-state index contributed by atoms with van der Waals surface area (Å²) in [6.45, 7) is 12.4. The fourth-order valence-electron chi connectivity index (χ4n) is 3.06. The predicted octanol–water partition coefficient (Wildman–Crippen LogP) is 1.14. The van der Waals surface area contributed by atoms with Crippen molar-refractivity contribution in [3.8, 4) is 0 Å². The Morgan fingerprint density at radius 1 is 1.35 bits per heavy atom. The lowest BCUT2D eigenvalue weighted by Crippen LogP contribution is -2.48. The zero-order valence-corrected chi connectivity index (χ0v) is 13.2. The first-order chi connectivity index (χ1) is 9.56. The van der Waals surface area contributed by atoms with E-state index in [1.54, 1.807) is 0 Å². The highest BCUT2D eigenvalue weighted by Crippen LogP contribution is 2.18. The van der Waals surface area contributed by atoms with Crippen LogP contribution in [0.5, 0.6) is 0 Å². The second-order valence-corrected chi connectivity index (χ2v) is 6.42. The van der Waals surface area contributed by atoms with E-state index in [1.807, 2.05) is 0 Å². The maximum absolute atomic E-state index is 6.13. The van der Waals surface area contributed by atoms with Gasteiger partial charge in [0.1, 0.15) is 0 Å². The van der Waals surface area contributed by atoms with Crippen LogP contribution >= 0.6 is 0 Å². The van der Waals surface area contributed by atoms with Crippen LogP contribution in [0.1, 0.15) is 33.6 Å². The molecule has 5 nitrogen and oxygen atoms in total. The number of aliphatic imine (C=N–C) groups is 1. The molecular weight excluding hydrogens is 252 g/mol. The van der Waals surface area contributed by atoms with Crippen molar-refractivity contribution in [1.82, 2.24) is 9.80 Å². The molecule has 0 aromatic heterocycles. The molecule has 0 aromatic rings. The highest BCUT2D eigenvalue weighted by atomic mass is 16.5. The maximum atomic E-state index is 6.13. The van der Waals surface area contributed by atoms with Crippen LogP contribution in [-0.2, 0) is 4.74 Å². The Balaban J connectivity index is 1.81. The predicted molar refractivity (Wildman–Crippen MR) is 82.9 cm³/mol. The molecule has 116 valence electrons. The van der Waals surface area contributed by atoms with Crippen molar-refractivity contribution in [3.63, 3.8) is 0 Å². The van der Waals surface area contributed by atoms with E-state index in [0.29, 0.717) is 17.9 Å². The van der Waals surface area contributed by atoms with E-state index in [9.17, 15) is 0 Å². The molecule has 2 N–H and O–H groups in total. The molecule has 5 heteroatoms. The van der Waals surface area contributed by atoms with Crippen molar-refractivity contribution in [2.45, 2.75) is 45.8 Å². The van der Waals surface area contributed by atoms with Crippen molar-refractivity contribution < 1.29 is 4.74 Å². The lowest BCUT2D eigenvalue weighted by Gasteiger charge is -2.35. The molecule has 2 saturated heterocycles. The van der Waals surface area contributed by atoms with E-state index >= 15 is 0 Å². The smallest absolute Gasteiger partial charge is 0.191 e. The third-order valence-electron chi connectivity index (χ3n) is 4.36. The molecule has 0 amide bonds. The molecule has 2 atom stereocenters. The van der Waals surface area contributed by atoms with Gasteiger partial charge in [0.05, 0.1) is 12.7 Å². The summed E-state index contributed by atoms with van der Waals surface area (Å²) in [5.74, 6) is 1.35. The molecule has 2 aliphatic rings. The zero-order chi connectivity index (χ0) is 14.5. The van der Waals surface area contributed by atoms with Crippen LogP contribution in [0.15, 0.2) is 4.99 Å². The van der Waals surface area contributed by atoms with Crippen molar-refractivity contribution >= 4 is 5.96 Å². The van der Waals surface area contributed by atoms with Crippen LogP contribution in [-0.4, -0.2) is 67.2 Å². The molecule has 0 aromatic carbocycles. The molecule has 20 heavy (non-hydrogen) atoms. The van der Waals surface area contributed by atoms with Gasteiger partial charge in [-0.3, -0.25) is 4.99 Å². The number of nitrogens with zero attached hydrogens (tertiary/aromatic N) is 3. The number of hydrogen-bond acceptors (Lipinski definition) is 3. The number of piperidine rings is 1. The first-order valence-electron chi connectivity index (χ1n) is 7.96. The molecule has 0 saturated carbocycles. The number of ether oxygens (including phenoxy) is 1. The van der Waals surface area contributed by atoms with Gasteiger partial charge < -0.3 is 20.3 Å². The monoisotopic (exact) mass is 282 g/mol. The molecular formula is C15H30N4O. The van der Waals surface area contributed by atoms with Gasteiger partial charge in [0.25, 0.3) is 0 Å². The summed E-state index contributed by atoms with van der Waals surface area (Å²) < 4.78 is 5.53.